The third kappa shape index (κ3) is 55.0. The van der Waals surface area contributed by atoms with E-state index in [0.29, 0.717) is 19.4 Å². The van der Waals surface area contributed by atoms with Crippen molar-refractivity contribution in [1.29, 1.82) is 0 Å². The summed E-state index contributed by atoms with van der Waals surface area (Å²) in [5.41, 5.74) is 0. The van der Waals surface area contributed by atoms with E-state index in [0.717, 1.165) is 70.6 Å². The smallest absolute Gasteiger partial charge is 0.305 e. The summed E-state index contributed by atoms with van der Waals surface area (Å²) in [5.74, 6) is -0.0939. The van der Waals surface area contributed by atoms with Crippen molar-refractivity contribution in [3.8, 4) is 0 Å². The molecule has 0 aliphatic heterocycles. The van der Waals surface area contributed by atoms with Gasteiger partial charge in [-0.15, -0.1) is 0 Å². The van der Waals surface area contributed by atoms with E-state index in [9.17, 15) is 19.8 Å². The molecule has 0 saturated carbocycles. The lowest BCUT2D eigenvalue weighted by Crippen LogP contribution is -2.45. The SMILES string of the molecule is CCCC/C=C\C/C=C\CCCCCCCC(=O)OCCCCCCCCCCC/C=C\CCCCCCCC(=O)NC(CO)C(O)/C=C/CCCCCCCCCCCCCCCCCCCC. The van der Waals surface area contributed by atoms with E-state index in [-0.39, 0.29) is 18.5 Å². The molecule has 0 spiro atoms. The first kappa shape index (κ1) is 66.8. The van der Waals surface area contributed by atoms with Gasteiger partial charge in [0.2, 0.25) is 5.91 Å². The molecule has 0 aromatic rings. The fraction of sp³-hybridized carbons (Fsp3) is 0.841. The van der Waals surface area contributed by atoms with E-state index in [1.165, 1.54) is 218 Å². The van der Waals surface area contributed by atoms with Gasteiger partial charge in [-0.25, -0.2) is 0 Å². The van der Waals surface area contributed by atoms with Crippen molar-refractivity contribution in [3.63, 3.8) is 0 Å². The average Bonchev–Trinajstić information content (AvgIpc) is 3.35. The van der Waals surface area contributed by atoms with Crippen LogP contribution in [0.1, 0.15) is 316 Å². The van der Waals surface area contributed by atoms with Gasteiger partial charge in [-0.2, -0.15) is 0 Å². The Morgan fingerprint density at radius 3 is 1.16 bits per heavy atom. The lowest BCUT2D eigenvalue weighted by atomic mass is 10.0. The van der Waals surface area contributed by atoms with Crippen molar-refractivity contribution in [3.05, 3.63) is 48.6 Å². The summed E-state index contributed by atoms with van der Waals surface area (Å²) in [4.78, 5) is 24.5. The van der Waals surface area contributed by atoms with Crippen LogP contribution in [0.3, 0.4) is 0 Å². The van der Waals surface area contributed by atoms with E-state index >= 15 is 0 Å². The summed E-state index contributed by atoms with van der Waals surface area (Å²) in [6.45, 7) is 4.85. The Balaban J connectivity index is 3.50. The molecule has 0 aliphatic carbocycles. The summed E-state index contributed by atoms with van der Waals surface area (Å²) in [5, 5.41) is 23.2. The molecule has 3 N–H and O–H groups in total. The van der Waals surface area contributed by atoms with Crippen molar-refractivity contribution >= 4 is 11.9 Å². The molecule has 0 bridgehead atoms. The van der Waals surface area contributed by atoms with Gasteiger partial charge >= 0.3 is 5.97 Å². The van der Waals surface area contributed by atoms with Crippen LogP contribution in [-0.4, -0.2) is 47.4 Å². The molecule has 69 heavy (non-hydrogen) atoms. The molecular formula is C63H117NO5. The highest BCUT2D eigenvalue weighted by Crippen LogP contribution is 2.16. The number of esters is 1. The Morgan fingerprint density at radius 1 is 0.406 bits per heavy atom. The van der Waals surface area contributed by atoms with Gasteiger partial charge in [0.05, 0.1) is 25.4 Å². The zero-order valence-electron chi connectivity index (χ0n) is 46.0. The van der Waals surface area contributed by atoms with Gasteiger partial charge in [0.15, 0.2) is 0 Å². The summed E-state index contributed by atoms with van der Waals surface area (Å²) in [7, 11) is 0. The Bertz CT molecular complexity index is 1160. The number of unbranched alkanes of at least 4 members (excludes halogenated alkanes) is 39. The van der Waals surface area contributed by atoms with E-state index in [4.69, 9.17) is 4.74 Å². The quantitative estimate of drug-likeness (QED) is 0.0321. The summed E-state index contributed by atoms with van der Waals surface area (Å²) >= 11 is 0. The lowest BCUT2D eigenvalue weighted by molar-refractivity contribution is -0.143. The molecule has 404 valence electrons. The van der Waals surface area contributed by atoms with E-state index < -0.39 is 12.1 Å². The number of rotatable bonds is 56. The number of ether oxygens (including phenoxy) is 1. The Hall–Kier alpha value is -2.18. The van der Waals surface area contributed by atoms with E-state index in [1.807, 2.05) is 6.08 Å². The standard InChI is InChI=1S/C63H117NO5/c1-3-5-7-9-11-13-15-17-19-20-21-22-25-28-31-35-39-43-47-51-55-61(66)60(59-65)64-62(67)56-52-48-44-40-36-32-29-26-23-24-27-30-34-38-42-46-50-54-58-69-63(68)57-53-49-45-41-37-33-18-16-14-12-10-8-6-4-2/h10,12,16,18,26,29,51,55,60-61,65-66H,3-9,11,13-15,17,19-25,27-28,30-50,52-54,56-59H2,1-2H3,(H,64,67)/b12-10-,18-16-,29-26-,55-51+. The predicted molar refractivity (Wildman–Crippen MR) is 301 cm³/mol. The fourth-order valence-corrected chi connectivity index (χ4v) is 9.12. The predicted octanol–water partition coefficient (Wildman–Crippen LogP) is 19.0. The molecule has 0 radical (unpaired) electrons. The van der Waals surface area contributed by atoms with Crippen LogP contribution < -0.4 is 5.32 Å². The minimum atomic E-state index is -0.855. The van der Waals surface area contributed by atoms with Crippen molar-refractivity contribution in [2.24, 2.45) is 0 Å². The molecular weight excluding hydrogens is 851 g/mol. The molecule has 2 unspecified atom stereocenters. The van der Waals surface area contributed by atoms with Crippen molar-refractivity contribution in [2.75, 3.05) is 13.2 Å². The van der Waals surface area contributed by atoms with E-state index in [1.54, 1.807) is 6.08 Å². The van der Waals surface area contributed by atoms with Gasteiger partial charge < -0.3 is 20.3 Å². The van der Waals surface area contributed by atoms with Crippen LogP contribution in [0.2, 0.25) is 0 Å². The minimum Gasteiger partial charge on any atom is -0.466 e. The second-order valence-corrected chi connectivity index (χ2v) is 20.7. The molecule has 1 amide bonds. The number of aliphatic hydroxyl groups is 2. The molecule has 2 atom stereocenters. The Kier molecular flexibility index (Phi) is 56.5. The third-order valence-corrected chi connectivity index (χ3v) is 13.8. The minimum absolute atomic E-state index is 0.0127. The van der Waals surface area contributed by atoms with Crippen LogP contribution in [0, 0.1) is 0 Å². The summed E-state index contributed by atoms with van der Waals surface area (Å²) in [6, 6.07) is -0.640. The number of hydrogen-bond acceptors (Lipinski definition) is 5. The number of allylic oxidation sites excluding steroid dienone is 7. The van der Waals surface area contributed by atoms with Crippen LogP contribution in [-0.2, 0) is 14.3 Å². The highest BCUT2D eigenvalue weighted by Gasteiger charge is 2.18. The van der Waals surface area contributed by atoms with Gasteiger partial charge in [-0.3, -0.25) is 9.59 Å². The molecule has 0 heterocycles. The second-order valence-electron chi connectivity index (χ2n) is 20.7. The maximum atomic E-state index is 12.5. The van der Waals surface area contributed by atoms with Crippen molar-refractivity contribution in [2.45, 2.75) is 328 Å². The van der Waals surface area contributed by atoms with Gasteiger partial charge in [0.25, 0.3) is 0 Å². The summed E-state index contributed by atoms with van der Waals surface area (Å²) < 4.78 is 5.46. The van der Waals surface area contributed by atoms with Crippen LogP contribution in [0.25, 0.3) is 0 Å². The van der Waals surface area contributed by atoms with Crippen LogP contribution in [0.5, 0.6) is 0 Å². The molecule has 6 nitrogen and oxygen atoms in total. The summed E-state index contributed by atoms with van der Waals surface area (Å²) in [6.07, 6.45) is 74.2. The average molecular weight is 969 g/mol. The molecule has 0 aromatic heterocycles. The lowest BCUT2D eigenvalue weighted by Gasteiger charge is -2.20. The van der Waals surface area contributed by atoms with Crippen molar-refractivity contribution < 1.29 is 24.5 Å². The number of hydrogen-bond donors (Lipinski definition) is 3. The first-order valence-corrected chi connectivity index (χ1v) is 30.4. The molecule has 0 fully saturated rings. The maximum absolute atomic E-state index is 12.5. The highest BCUT2D eigenvalue weighted by atomic mass is 16.5. The Labute approximate surface area is 429 Å². The fourth-order valence-electron chi connectivity index (χ4n) is 9.12. The number of carbonyl (C=O) groups is 2. The van der Waals surface area contributed by atoms with Crippen molar-refractivity contribution in [1.82, 2.24) is 5.32 Å². The normalized spacial score (nSPS) is 12.9. The van der Waals surface area contributed by atoms with Crippen LogP contribution in [0.15, 0.2) is 48.6 Å². The number of carbonyl (C=O) groups excluding carboxylic acids is 2. The van der Waals surface area contributed by atoms with Gasteiger partial charge in [-0.1, -0.05) is 268 Å². The maximum Gasteiger partial charge on any atom is 0.305 e. The largest absolute Gasteiger partial charge is 0.466 e. The first-order valence-electron chi connectivity index (χ1n) is 30.4. The monoisotopic (exact) mass is 968 g/mol. The number of amides is 1. The van der Waals surface area contributed by atoms with Gasteiger partial charge in [0.1, 0.15) is 0 Å². The number of nitrogens with one attached hydrogen (secondary N) is 1. The molecule has 0 saturated heterocycles. The molecule has 0 rings (SSSR count). The van der Waals surface area contributed by atoms with Gasteiger partial charge in [-0.05, 0) is 83.5 Å². The van der Waals surface area contributed by atoms with E-state index in [2.05, 4.69) is 55.6 Å². The molecule has 0 aliphatic rings. The zero-order valence-corrected chi connectivity index (χ0v) is 46.0. The molecule has 6 heteroatoms. The Morgan fingerprint density at radius 2 is 0.739 bits per heavy atom. The van der Waals surface area contributed by atoms with Crippen LogP contribution >= 0.6 is 0 Å². The first-order chi connectivity index (χ1) is 34.0. The second kappa shape index (κ2) is 58.4. The number of aliphatic hydroxyl groups excluding tert-OH is 2. The third-order valence-electron chi connectivity index (χ3n) is 13.8. The molecule has 0 aromatic carbocycles. The highest BCUT2D eigenvalue weighted by molar-refractivity contribution is 5.76. The zero-order chi connectivity index (χ0) is 50.0. The van der Waals surface area contributed by atoms with Gasteiger partial charge in [0, 0.05) is 12.8 Å². The topological polar surface area (TPSA) is 95.9 Å². The van der Waals surface area contributed by atoms with Crippen LogP contribution in [0.4, 0.5) is 0 Å².